The molecule has 0 saturated heterocycles. The molecule has 0 fully saturated rings. The van der Waals surface area contributed by atoms with E-state index < -0.39 is 0 Å². The van der Waals surface area contributed by atoms with Gasteiger partial charge < -0.3 is 5.32 Å². The fourth-order valence-corrected chi connectivity index (χ4v) is 2.31. The molecular formula is C14H12Cl3N. The first kappa shape index (κ1) is 13.5. The second-order valence-electron chi connectivity index (χ2n) is 4.03. The summed E-state index contributed by atoms with van der Waals surface area (Å²) in [6, 6.07) is 11.4. The molecule has 2 rings (SSSR count). The van der Waals surface area contributed by atoms with Gasteiger partial charge in [-0.1, -0.05) is 53.0 Å². The fourth-order valence-electron chi connectivity index (χ4n) is 1.70. The Kier molecular flexibility index (Phi) is 4.39. The normalized spacial score (nSPS) is 10.4. The average molecular weight is 301 g/mol. The third-order valence-corrected chi connectivity index (χ3v) is 3.73. The van der Waals surface area contributed by atoms with Crippen LogP contribution in [-0.2, 0) is 6.54 Å². The Hall–Kier alpha value is -0.890. The van der Waals surface area contributed by atoms with Crippen LogP contribution in [0.15, 0.2) is 36.4 Å². The average Bonchev–Trinajstić information content (AvgIpc) is 2.33. The zero-order valence-electron chi connectivity index (χ0n) is 9.81. The van der Waals surface area contributed by atoms with Crippen LogP contribution in [0.1, 0.15) is 11.1 Å². The third kappa shape index (κ3) is 3.11. The zero-order valence-corrected chi connectivity index (χ0v) is 12.1. The van der Waals surface area contributed by atoms with Crippen LogP contribution in [0.25, 0.3) is 0 Å². The standard InChI is InChI=1S/C14H12Cl3N/c1-9-3-2-4-12(16)14(9)18-8-10-5-6-11(15)13(17)7-10/h2-7,18H,8H2,1H3. The van der Waals surface area contributed by atoms with E-state index in [0.717, 1.165) is 21.8 Å². The summed E-state index contributed by atoms with van der Waals surface area (Å²) in [6.07, 6.45) is 0. The summed E-state index contributed by atoms with van der Waals surface area (Å²) < 4.78 is 0. The van der Waals surface area contributed by atoms with Crippen molar-refractivity contribution in [2.75, 3.05) is 5.32 Å². The molecule has 0 radical (unpaired) electrons. The van der Waals surface area contributed by atoms with Gasteiger partial charge in [-0.15, -0.1) is 0 Å². The Bertz CT molecular complexity index is 547. The highest BCUT2D eigenvalue weighted by molar-refractivity contribution is 6.42. The van der Waals surface area contributed by atoms with Gasteiger partial charge in [0.05, 0.1) is 20.8 Å². The first-order chi connectivity index (χ1) is 8.58. The van der Waals surface area contributed by atoms with Crippen molar-refractivity contribution in [3.63, 3.8) is 0 Å². The van der Waals surface area contributed by atoms with Gasteiger partial charge in [0.15, 0.2) is 0 Å². The molecule has 0 spiro atoms. The minimum absolute atomic E-state index is 0.562. The van der Waals surface area contributed by atoms with Crippen molar-refractivity contribution < 1.29 is 0 Å². The maximum absolute atomic E-state index is 6.14. The predicted molar refractivity (Wildman–Crippen MR) is 80.0 cm³/mol. The number of hydrogen-bond donors (Lipinski definition) is 1. The topological polar surface area (TPSA) is 12.0 Å². The lowest BCUT2D eigenvalue weighted by molar-refractivity contribution is 1.14. The summed E-state index contributed by atoms with van der Waals surface area (Å²) in [5.41, 5.74) is 3.12. The molecule has 0 aliphatic rings. The molecule has 0 aliphatic heterocycles. The Labute approximate surface area is 122 Å². The number of para-hydroxylation sites is 1. The molecule has 0 amide bonds. The van der Waals surface area contributed by atoms with Crippen molar-refractivity contribution >= 4 is 40.5 Å². The van der Waals surface area contributed by atoms with Crippen LogP contribution in [0.4, 0.5) is 5.69 Å². The minimum Gasteiger partial charge on any atom is -0.380 e. The van der Waals surface area contributed by atoms with Crippen molar-refractivity contribution in [1.29, 1.82) is 0 Å². The van der Waals surface area contributed by atoms with E-state index in [9.17, 15) is 0 Å². The molecule has 1 N–H and O–H groups in total. The Balaban J connectivity index is 2.14. The Morgan fingerprint density at radius 3 is 2.39 bits per heavy atom. The monoisotopic (exact) mass is 299 g/mol. The van der Waals surface area contributed by atoms with Gasteiger partial charge in [0.1, 0.15) is 0 Å². The lowest BCUT2D eigenvalue weighted by Gasteiger charge is -2.11. The van der Waals surface area contributed by atoms with Gasteiger partial charge in [-0.05, 0) is 36.2 Å². The largest absolute Gasteiger partial charge is 0.380 e. The van der Waals surface area contributed by atoms with Crippen molar-refractivity contribution in [2.45, 2.75) is 13.5 Å². The minimum atomic E-state index is 0.562. The van der Waals surface area contributed by atoms with Gasteiger partial charge in [-0.2, -0.15) is 0 Å². The van der Waals surface area contributed by atoms with E-state index in [1.54, 1.807) is 6.07 Å². The van der Waals surface area contributed by atoms with E-state index in [1.807, 2.05) is 37.3 Å². The highest BCUT2D eigenvalue weighted by atomic mass is 35.5. The van der Waals surface area contributed by atoms with Gasteiger partial charge in [-0.25, -0.2) is 0 Å². The number of halogens is 3. The maximum atomic E-state index is 6.14. The number of anilines is 1. The van der Waals surface area contributed by atoms with Crippen molar-refractivity contribution in [3.05, 3.63) is 62.6 Å². The van der Waals surface area contributed by atoms with Crippen LogP contribution in [0.2, 0.25) is 15.1 Å². The van der Waals surface area contributed by atoms with E-state index in [2.05, 4.69) is 5.32 Å². The number of rotatable bonds is 3. The SMILES string of the molecule is Cc1cccc(Cl)c1NCc1ccc(Cl)c(Cl)c1. The molecule has 0 heterocycles. The predicted octanol–water partition coefficient (Wildman–Crippen LogP) is 5.57. The molecule has 1 nitrogen and oxygen atoms in total. The first-order valence-electron chi connectivity index (χ1n) is 5.51. The lowest BCUT2D eigenvalue weighted by atomic mass is 10.2. The zero-order chi connectivity index (χ0) is 13.1. The highest BCUT2D eigenvalue weighted by Gasteiger charge is 2.04. The molecule has 0 aromatic heterocycles. The third-order valence-electron chi connectivity index (χ3n) is 2.68. The lowest BCUT2D eigenvalue weighted by Crippen LogP contribution is -2.01. The summed E-state index contributed by atoms with van der Waals surface area (Å²) in [5.74, 6) is 0. The van der Waals surface area contributed by atoms with E-state index in [1.165, 1.54) is 0 Å². The molecule has 18 heavy (non-hydrogen) atoms. The second kappa shape index (κ2) is 5.83. The van der Waals surface area contributed by atoms with Gasteiger partial charge in [-0.3, -0.25) is 0 Å². The van der Waals surface area contributed by atoms with Crippen molar-refractivity contribution in [1.82, 2.24) is 0 Å². The highest BCUT2D eigenvalue weighted by Crippen LogP contribution is 2.27. The summed E-state index contributed by atoms with van der Waals surface area (Å²) in [5, 5.41) is 5.15. The smallest absolute Gasteiger partial charge is 0.0640 e. The van der Waals surface area contributed by atoms with E-state index >= 15 is 0 Å². The molecule has 4 heteroatoms. The summed E-state index contributed by atoms with van der Waals surface area (Å²) in [4.78, 5) is 0. The molecule has 0 bridgehead atoms. The Morgan fingerprint density at radius 2 is 1.72 bits per heavy atom. The molecule has 2 aromatic rings. The van der Waals surface area contributed by atoms with Crippen LogP contribution in [-0.4, -0.2) is 0 Å². The molecule has 0 saturated carbocycles. The molecule has 0 unspecified atom stereocenters. The number of benzene rings is 2. The van der Waals surface area contributed by atoms with Crippen LogP contribution < -0.4 is 5.32 Å². The van der Waals surface area contributed by atoms with E-state index in [0.29, 0.717) is 16.6 Å². The van der Waals surface area contributed by atoms with Crippen molar-refractivity contribution in [2.24, 2.45) is 0 Å². The fraction of sp³-hybridized carbons (Fsp3) is 0.143. The number of aryl methyl sites for hydroxylation is 1. The Morgan fingerprint density at radius 1 is 0.944 bits per heavy atom. The summed E-state index contributed by atoms with van der Waals surface area (Å²) in [7, 11) is 0. The van der Waals surface area contributed by atoms with Crippen LogP contribution >= 0.6 is 34.8 Å². The molecule has 2 aromatic carbocycles. The molecular weight excluding hydrogens is 289 g/mol. The second-order valence-corrected chi connectivity index (χ2v) is 5.26. The molecule has 94 valence electrons. The summed E-state index contributed by atoms with van der Waals surface area (Å²) >= 11 is 18.0. The van der Waals surface area contributed by atoms with Gasteiger partial charge in [0.25, 0.3) is 0 Å². The quantitative estimate of drug-likeness (QED) is 0.781. The van der Waals surface area contributed by atoms with Crippen LogP contribution in [0.5, 0.6) is 0 Å². The number of nitrogens with one attached hydrogen (secondary N) is 1. The van der Waals surface area contributed by atoms with Crippen molar-refractivity contribution in [3.8, 4) is 0 Å². The molecule has 0 atom stereocenters. The number of hydrogen-bond acceptors (Lipinski definition) is 1. The van der Waals surface area contributed by atoms with E-state index in [4.69, 9.17) is 34.8 Å². The van der Waals surface area contributed by atoms with Gasteiger partial charge in [0.2, 0.25) is 0 Å². The van der Waals surface area contributed by atoms with E-state index in [-0.39, 0.29) is 0 Å². The van der Waals surface area contributed by atoms with Crippen LogP contribution in [0, 0.1) is 6.92 Å². The maximum Gasteiger partial charge on any atom is 0.0640 e. The first-order valence-corrected chi connectivity index (χ1v) is 6.64. The molecule has 0 aliphatic carbocycles. The van der Waals surface area contributed by atoms with Crippen LogP contribution in [0.3, 0.4) is 0 Å². The van der Waals surface area contributed by atoms with Gasteiger partial charge >= 0.3 is 0 Å². The van der Waals surface area contributed by atoms with Gasteiger partial charge in [0, 0.05) is 6.54 Å². The summed E-state index contributed by atoms with van der Waals surface area (Å²) in [6.45, 7) is 2.67.